The van der Waals surface area contributed by atoms with Crippen LogP contribution in [0.3, 0.4) is 0 Å². The van der Waals surface area contributed by atoms with E-state index in [-0.39, 0.29) is 6.04 Å². The molecule has 1 aliphatic carbocycles. The molecule has 0 saturated carbocycles. The Morgan fingerprint density at radius 3 is 2.86 bits per heavy atom. The van der Waals surface area contributed by atoms with Gasteiger partial charge in [0.05, 0.1) is 17.8 Å². The summed E-state index contributed by atoms with van der Waals surface area (Å²) in [6.07, 6.45) is 12.1. The van der Waals surface area contributed by atoms with E-state index in [9.17, 15) is 0 Å². The van der Waals surface area contributed by atoms with Gasteiger partial charge in [0.1, 0.15) is 11.7 Å². The smallest absolute Gasteiger partial charge is 0.129 e. The van der Waals surface area contributed by atoms with Gasteiger partial charge in [-0.3, -0.25) is 14.9 Å². The fraction of sp³-hybridized carbons (Fsp3) is 0.448. The van der Waals surface area contributed by atoms with Crippen LogP contribution in [0, 0.1) is 0 Å². The Morgan fingerprint density at radius 1 is 1.11 bits per heavy atom. The predicted molar refractivity (Wildman–Crippen MR) is 149 cm³/mol. The van der Waals surface area contributed by atoms with Crippen LogP contribution in [0.5, 0.6) is 0 Å². The van der Waals surface area contributed by atoms with Gasteiger partial charge in [0.2, 0.25) is 0 Å². The fourth-order valence-electron chi connectivity index (χ4n) is 6.05. The first-order valence-corrected chi connectivity index (χ1v) is 14.0. The van der Waals surface area contributed by atoms with Crippen LogP contribution >= 0.6 is 15.9 Å². The molecule has 6 rings (SSSR count). The van der Waals surface area contributed by atoms with Crippen molar-refractivity contribution in [2.24, 2.45) is 4.99 Å². The van der Waals surface area contributed by atoms with Crippen LogP contribution in [0.15, 0.2) is 76.1 Å². The van der Waals surface area contributed by atoms with E-state index < -0.39 is 0 Å². The molecule has 7 heteroatoms. The van der Waals surface area contributed by atoms with Crippen molar-refractivity contribution in [2.75, 3.05) is 46.3 Å². The van der Waals surface area contributed by atoms with Crippen LogP contribution in [-0.4, -0.2) is 82.8 Å². The number of aliphatic imine (C=N–C) groups is 1. The maximum absolute atomic E-state index is 5.23. The van der Waals surface area contributed by atoms with Crippen LogP contribution in [0.25, 0.3) is 0 Å². The van der Waals surface area contributed by atoms with E-state index in [0.717, 1.165) is 69.0 Å². The summed E-state index contributed by atoms with van der Waals surface area (Å²) in [6.45, 7) is 7.14. The van der Waals surface area contributed by atoms with Gasteiger partial charge in [0.15, 0.2) is 0 Å². The minimum absolute atomic E-state index is 0.236. The molecule has 0 radical (unpaired) electrons. The highest BCUT2D eigenvalue weighted by molar-refractivity contribution is 9.10. The summed E-state index contributed by atoms with van der Waals surface area (Å²) in [5.41, 5.74) is 4.00. The molecule has 1 fully saturated rings. The second-order valence-electron chi connectivity index (χ2n) is 10.4. The molecule has 1 aromatic carbocycles. The largest absolute Gasteiger partial charge is 0.355 e. The van der Waals surface area contributed by atoms with E-state index in [1.807, 2.05) is 6.20 Å². The third kappa shape index (κ3) is 5.01. The number of likely N-dealkylation sites (N-methyl/N-ethyl adjacent to an activating group) is 1. The molecule has 6 nitrogen and oxygen atoms in total. The molecule has 2 aromatic rings. The summed E-state index contributed by atoms with van der Waals surface area (Å²) < 4.78 is 1.13. The van der Waals surface area contributed by atoms with Gasteiger partial charge in [0.25, 0.3) is 0 Å². The Labute approximate surface area is 223 Å². The third-order valence-electron chi connectivity index (χ3n) is 7.91. The number of nitrogens with zero attached hydrogens (tertiary/aromatic N) is 6. The SMILES string of the molecule is CN1CCN(C2=CC=CC3=NC(CN(Cc4cccc(Br)c4)[C@H]4CCCc5cccnc54)CN23)CC1. The Bertz CT molecular complexity index is 1180. The number of pyridine rings is 1. The molecule has 0 bridgehead atoms. The Balaban J connectivity index is 1.23. The number of aryl methyl sites for hydroxylation is 1. The van der Waals surface area contributed by atoms with Crippen LogP contribution < -0.4 is 0 Å². The number of hydrogen-bond donors (Lipinski definition) is 0. The number of amidine groups is 1. The summed E-state index contributed by atoms with van der Waals surface area (Å²) in [5.74, 6) is 2.43. The van der Waals surface area contributed by atoms with Gasteiger partial charge in [-0.15, -0.1) is 0 Å². The number of allylic oxidation sites excluding steroid dienone is 2. The van der Waals surface area contributed by atoms with Gasteiger partial charge in [-0.1, -0.05) is 40.2 Å². The summed E-state index contributed by atoms with van der Waals surface area (Å²) >= 11 is 3.67. The summed E-state index contributed by atoms with van der Waals surface area (Å²) in [7, 11) is 2.21. The molecular formula is C29H35BrN6. The maximum atomic E-state index is 5.23. The lowest BCUT2D eigenvalue weighted by atomic mass is 9.90. The lowest BCUT2D eigenvalue weighted by Crippen LogP contribution is -2.48. The van der Waals surface area contributed by atoms with E-state index >= 15 is 0 Å². The molecule has 188 valence electrons. The Morgan fingerprint density at radius 2 is 2.00 bits per heavy atom. The van der Waals surface area contributed by atoms with Crippen LogP contribution in [0.4, 0.5) is 0 Å². The lowest BCUT2D eigenvalue weighted by Gasteiger charge is -2.40. The monoisotopic (exact) mass is 546 g/mol. The lowest BCUT2D eigenvalue weighted by molar-refractivity contribution is 0.145. The van der Waals surface area contributed by atoms with Crippen molar-refractivity contribution >= 4 is 21.8 Å². The van der Waals surface area contributed by atoms with E-state index in [1.165, 1.54) is 29.1 Å². The van der Waals surface area contributed by atoms with Crippen molar-refractivity contribution < 1.29 is 0 Å². The number of fused-ring (bicyclic) bond motifs is 2. The minimum Gasteiger partial charge on any atom is -0.355 e. The van der Waals surface area contributed by atoms with E-state index in [0.29, 0.717) is 6.04 Å². The van der Waals surface area contributed by atoms with Crippen molar-refractivity contribution in [2.45, 2.75) is 37.9 Å². The third-order valence-corrected chi connectivity index (χ3v) is 8.40. The zero-order chi connectivity index (χ0) is 24.5. The summed E-state index contributed by atoms with van der Waals surface area (Å²) in [6, 6.07) is 13.6. The zero-order valence-corrected chi connectivity index (χ0v) is 22.6. The Kier molecular flexibility index (Phi) is 6.96. The first-order valence-electron chi connectivity index (χ1n) is 13.2. The van der Waals surface area contributed by atoms with Crippen LogP contribution in [0.2, 0.25) is 0 Å². The van der Waals surface area contributed by atoms with Gasteiger partial charge in [-0.2, -0.15) is 0 Å². The molecule has 3 aliphatic heterocycles. The first kappa shape index (κ1) is 23.9. The van der Waals surface area contributed by atoms with Crippen LogP contribution in [-0.2, 0) is 13.0 Å². The van der Waals surface area contributed by atoms with Crippen molar-refractivity contribution in [3.8, 4) is 0 Å². The summed E-state index contributed by atoms with van der Waals surface area (Å²) in [4.78, 5) is 20.1. The van der Waals surface area contributed by atoms with Gasteiger partial charge in [0, 0.05) is 56.5 Å². The molecule has 1 aromatic heterocycles. The first-order chi connectivity index (χ1) is 17.6. The van der Waals surface area contributed by atoms with Crippen molar-refractivity contribution in [3.05, 3.63) is 87.9 Å². The highest BCUT2D eigenvalue weighted by Crippen LogP contribution is 2.35. The molecule has 1 saturated heterocycles. The number of aromatic nitrogens is 1. The molecule has 0 N–H and O–H groups in total. The molecule has 2 atom stereocenters. The highest BCUT2D eigenvalue weighted by Gasteiger charge is 2.34. The average molecular weight is 548 g/mol. The van der Waals surface area contributed by atoms with E-state index in [2.05, 4.69) is 97.2 Å². The maximum Gasteiger partial charge on any atom is 0.129 e. The van der Waals surface area contributed by atoms with Crippen molar-refractivity contribution in [1.29, 1.82) is 0 Å². The molecule has 0 amide bonds. The topological polar surface area (TPSA) is 38.2 Å². The normalized spacial score (nSPS) is 24.0. The fourth-order valence-corrected chi connectivity index (χ4v) is 6.50. The molecule has 1 unspecified atom stereocenters. The number of halogens is 1. The minimum atomic E-state index is 0.236. The van der Waals surface area contributed by atoms with E-state index in [4.69, 9.17) is 9.98 Å². The average Bonchev–Trinajstić information content (AvgIpc) is 3.31. The number of hydrogen-bond acceptors (Lipinski definition) is 6. The molecule has 4 aliphatic rings. The molecular weight excluding hydrogens is 512 g/mol. The van der Waals surface area contributed by atoms with E-state index in [1.54, 1.807) is 0 Å². The van der Waals surface area contributed by atoms with Gasteiger partial charge < -0.3 is 14.7 Å². The van der Waals surface area contributed by atoms with Crippen LogP contribution in [0.1, 0.15) is 35.7 Å². The van der Waals surface area contributed by atoms with Gasteiger partial charge in [-0.25, -0.2) is 0 Å². The number of rotatable bonds is 6. The number of piperazine rings is 1. The molecule has 36 heavy (non-hydrogen) atoms. The molecule has 0 spiro atoms. The number of benzene rings is 1. The second-order valence-corrected chi connectivity index (χ2v) is 11.4. The quantitative estimate of drug-likeness (QED) is 0.534. The highest BCUT2D eigenvalue weighted by atomic mass is 79.9. The molecule has 4 heterocycles. The Hall–Kier alpha value is -2.48. The van der Waals surface area contributed by atoms with Crippen molar-refractivity contribution in [1.82, 2.24) is 24.6 Å². The van der Waals surface area contributed by atoms with Gasteiger partial charge in [-0.05, 0) is 67.8 Å². The van der Waals surface area contributed by atoms with Gasteiger partial charge >= 0.3 is 0 Å². The summed E-state index contributed by atoms with van der Waals surface area (Å²) in [5, 5.41) is 0. The standard InChI is InChI=1S/C29H35BrN6/c1-33-14-16-34(17-15-33)28-12-4-11-27-32-25(21-36(27)28)20-35(19-22-6-2-9-24(30)18-22)26-10-3-7-23-8-5-13-31-29(23)26/h2,4-6,8-9,11-13,18,25-26H,3,7,10,14-17,19-21H2,1H3/t25?,26-/m0/s1. The van der Waals surface area contributed by atoms with Crippen molar-refractivity contribution in [3.63, 3.8) is 0 Å². The second kappa shape index (κ2) is 10.5. The zero-order valence-electron chi connectivity index (χ0n) is 21.1. The predicted octanol–water partition coefficient (Wildman–Crippen LogP) is 4.47.